The monoisotopic (exact) mass is 319 g/mol. The molecule has 1 aliphatic heterocycles. The largest absolute Gasteiger partial charge is 0.371 e. The molecule has 0 atom stereocenters. The van der Waals surface area contributed by atoms with Crippen molar-refractivity contribution >= 4 is 17.5 Å². The van der Waals surface area contributed by atoms with Crippen molar-refractivity contribution in [1.82, 2.24) is 10.6 Å². The first-order chi connectivity index (χ1) is 11.1. The summed E-state index contributed by atoms with van der Waals surface area (Å²) in [5, 5.41) is 5.55. The van der Waals surface area contributed by atoms with E-state index in [-0.39, 0.29) is 30.1 Å². The third-order valence-electron chi connectivity index (χ3n) is 3.87. The maximum atomic E-state index is 13.3. The maximum Gasteiger partial charge on any atom is 0.243 e. The summed E-state index contributed by atoms with van der Waals surface area (Å²) in [6, 6.07) is 6.69. The van der Waals surface area contributed by atoms with Gasteiger partial charge in [0.1, 0.15) is 5.82 Å². The van der Waals surface area contributed by atoms with Gasteiger partial charge in [0.2, 0.25) is 11.8 Å². The van der Waals surface area contributed by atoms with Gasteiger partial charge in [0.15, 0.2) is 0 Å². The molecular weight excluding hydrogens is 297 g/mol. The number of amides is 2. The summed E-state index contributed by atoms with van der Waals surface area (Å²) in [7, 11) is 0. The lowest BCUT2D eigenvalue weighted by atomic mass is 10.0. The Morgan fingerprint density at radius 2 is 2.09 bits per heavy atom. The molecule has 1 fully saturated rings. The van der Waals surface area contributed by atoms with Gasteiger partial charge in [0, 0.05) is 37.8 Å². The smallest absolute Gasteiger partial charge is 0.243 e. The third-order valence-corrected chi connectivity index (χ3v) is 3.87. The fourth-order valence-electron chi connectivity index (χ4n) is 2.63. The molecule has 1 aliphatic rings. The van der Waals surface area contributed by atoms with E-state index in [2.05, 4.69) is 22.1 Å². The normalized spacial score (nSPS) is 15.1. The summed E-state index contributed by atoms with van der Waals surface area (Å²) in [5.41, 5.74) is 0.877. The second-order valence-electron chi connectivity index (χ2n) is 5.55. The molecule has 0 spiro atoms. The molecule has 23 heavy (non-hydrogen) atoms. The van der Waals surface area contributed by atoms with Crippen LogP contribution in [0.25, 0.3) is 0 Å². The molecule has 5 nitrogen and oxygen atoms in total. The maximum absolute atomic E-state index is 13.3. The summed E-state index contributed by atoms with van der Waals surface area (Å²) in [6.07, 6.45) is 3.08. The second-order valence-corrected chi connectivity index (χ2v) is 5.55. The Balaban J connectivity index is 1.71. The fraction of sp³-hybridized carbons (Fsp3) is 0.412. The number of nitrogens with one attached hydrogen (secondary N) is 2. The highest BCUT2D eigenvalue weighted by Gasteiger charge is 2.20. The van der Waals surface area contributed by atoms with Crippen molar-refractivity contribution in [2.24, 2.45) is 0 Å². The van der Waals surface area contributed by atoms with Crippen molar-refractivity contribution in [3.8, 4) is 0 Å². The first-order valence-electron chi connectivity index (χ1n) is 7.78. The number of halogens is 1. The number of nitrogens with zero attached hydrogens (tertiary/aromatic N) is 1. The first kappa shape index (κ1) is 17.0. The van der Waals surface area contributed by atoms with E-state index >= 15 is 0 Å². The SMILES string of the molecule is C=CC(=O)NCCC(=O)NC1CCN(c2cccc(F)c2)CC1. The van der Waals surface area contributed by atoms with Crippen molar-refractivity contribution in [3.05, 3.63) is 42.7 Å². The van der Waals surface area contributed by atoms with Crippen molar-refractivity contribution in [2.75, 3.05) is 24.5 Å². The predicted octanol–water partition coefficient (Wildman–Crippen LogP) is 1.60. The average Bonchev–Trinajstić information content (AvgIpc) is 2.55. The zero-order valence-electron chi connectivity index (χ0n) is 13.1. The van der Waals surface area contributed by atoms with Crippen molar-refractivity contribution in [2.45, 2.75) is 25.3 Å². The number of benzene rings is 1. The van der Waals surface area contributed by atoms with Gasteiger partial charge in [-0.2, -0.15) is 0 Å². The van der Waals surface area contributed by atoms with Crippen LogP contribution in [0.3, 0.4) is 0 Å². The van der Waals surface area contributed by atoms with E-state index in [4.69, 9.17) is 0 Å². The van der Waals surface area contributed by atoms with Gasteiger partial charge in [-0.3, -0.25) is 9.59 Å². The lowest BCUT2D eigenvalue weighted by molar-refractivity contribution is -0.122. The second kappa shape index (κ2) is 8.31. The molecule has 6 heteroatoms. The van der Waals surface area contributed by atoms with Crippen LogP contribution >= 0.6 is 0 Å². The molecule has 1 aromatic carbocycles. The number of anilines is 1. The minimum atomic E-state index is -0.277. The molecule has 2 rings (SSSR count). The molecule has 0 aromatic heterocycles. The molecule has 0 unspecified atom stereocenters. The Labute approximate surface area is 135 Å². The zero-order valence-corrected chi connectivity index (χ0v) is 13.1. The minimum absolute atomic E-state index is 0.0708. The summed E-state index contributed by atoms with van der Waals surface area (Å²) >= 11 is 0. The number of piperidine rings is 1. The number of hydrogen-bond acceptors (Lipinski definition) is 3. The van der Waals surface area contributed by atoms with Crippen molar-refractivity contribution in [1.29, 1.82) is 0 Å². The topological polar surface area (TPSA) is 61.4 Å². The van der Waals surface area contributed by atoms with Crippen molar-refractivity contribution < 1.29 is 14.0 Å². The highest BCUT2D eigenvalue weighted by Crippen LogP contribution is 2.20. The van der Waals surface area contributed by atoms with Crippen LogP contribution in [0, 0.1) is 5.82 Å². The summed E-state index contributed by atoms with van der Waals surface area (Å²) in [5.74, 6) is -0.584. The van der Waals surface area contributed by atoms with Gasteiger partial charge >= 0.3 is 0 Å². The van der Waals surface area contributed by atoms with Crippen LogP contribution in [0.4, 0.5) is 10.1 Å². The van der Waals surface area contributed by atoms with Gasteiger partial charge in [-0.25, -0.2) is 4.39 Å². The van der Waals surface area contributed by atoms with Gasteiger partial charge < -0.3 is 15.5 Å². The van der Waals surface area contributed by atoms with Crippen LogP contribution in [-0.4, -0.2) is 37.5 Å². The molecule has 1 saturated heterocycles. The molecule has 1 aromatic rings. The Kier molecular flexibility index (Phi) is 6.14. The van der Waals surface area contributed by atoms with E-state index in [1.54, 1.807) is 6.07 Å². The van der Waals surface area contributed by atoms with E-state index in [9.17, 15) is 14.0 Å². The molecule has 2 N–H and O–H groups in total. The zero-order chi connectivity index (χ0) is 16.7. The van der Waals surface area contributed by atoms with Gasteiger partial charge in [0.05, 0.1) is 0 Å². The highest BCUT2D eigenvalue weighted by atomic mass is 19.1. The Morgan fingerprint density at radius 3 is 2.74 bits per heavy atom. The fourth-order valence-corrected chi connectivity index (χ4v) is 2.63. The molecule has 1 heterocycles. The molecule has 0 saturated carbocycles. The quantitative estimate of drug-likeness (QED) is 0.783. The summed E-state index contributed by atoms with van der Waals surface area (Å²) < 4.78 is 13.3. The van der Waals surface area contributed by atoms with E-state index < -0.39 is 0 Å². The number of rotatable bonds is 6. The lowest BCUT2D eigenvalue weighted by Gasteiger charge is -2.34. The Morgan fingerprint density at radius 1 is 1.35 bits per heavy atom. The van der Waals surface area contributed by atoms with E-state index in [1.165, 1.54) is 18.2 Å². The van der Waals surface area contributed by atoms with E-state index in [1.807, 2.05) is 6.07 Å². The van der Waals surface area contributed by atoms with Gasteiger partial charge in [-0.05, 0) is 37.1 Å². The predicted molar refractivity (Wildman–Crippen MR) is 87.6 cm³/mol. The van der Waals surface area contributed by atoms with Crippen LogP contribution in [0.1, 0.15) is 19.3 Å². The molecule has 0 aliphatic carbocycles. The summed E-state index contributed by atoms with van der Waals surface area (Å²) in [4.78, 5) is 24.9. The number of carbonyl (C=O) groups excluding carboxylic acids is 2. The van der Waals surface area contributed by atoms with E-state index in [0.29, 0.717) is 6.54 Å². The third kappa shape index (κ3) is 5.39. The first-order valence-corrected chi connectivity index (χ1v) is 7.78. The Bertz CT molecular complexity index is 569. The minimum Gasteiger partial charge on any atom is -0.371 e. The van der Waals surface area contributed by atoms with Gasteiger partial charge in [0.25, 0.3) is 0 Å². The highest BCUT2D eigenvalue weighted by molar-refractivity contribution is 5.87. The van der Waals surface area contributed by atoms with E-state index in [0.717, 1.165) is 31.6 Å². The van der Waals surface area contributed by atoms with Crippen LogP contribution in [-0.2, 0) is 9.59 Å². The standard InChI is InChI=1S/C17H22FN3O2/c1-2-16(22)19-9-6-17(23)20-14-7-10-21(11-8-14)15-5-3-4-13(18)12-15/h2-5,12,14H,1,6-11H2,(H,19,22)(H,20,23). The van der Waals surface area contributed by atoms with Crippen LogP contribution < -0.4 is 15.5 Å². The van der Waals surface area contributed by atoms with Gasteiger partial charge in [-0.15, -0.1) is 0 Å². The molecular formula is C17H22FN3O2. The van der Waals surface area contributed by atoms with Crippen LogP contribution in [0.5, 0.6) is 0 Å². The summed E-state index contributed by atoms with van der Waals surface area (Å²) in [6.45, 7) is 5.21. The van der Waals surface area contributed by atoms with Gasteiger partial charge in [-0.1, -0.05) is 12.6 Å². The number of hydrogen-bond donors (Lipinski definition) is 2. The molecule has 0 radical (unpaired) electrons. The molecule has 0 bridgehead atoms. The van der Waals surface area contributed by atoms with Crippen LogP contribution in [0.2, 0.25) is 0 Å². The van der Waals surface area contributed by atoms with Crippen molar-refractivity contribution in [3.63, 3.8) is 0 Å². The lowest BCUT2D eigenvalue weighted by Crippen LogP contribution is -2.45. The number of carbonyl (C=O) groups is 2. The van der Waals surface area contributed by atoms with Crippen LogP contribution in [0.15, 0.2) is 36.9 Å². The molecule has 2 amide bonds. The average molecular weight is 319 g/mol. The molecule has 124 valence electrons. The Hall–Kier alpha value is -2.37.